The van der Waals surface area contributed by atoms with Crippen molar-refractivity contribution in [1.29, 1.82) is 5.26 Å². The lowest BCUT2D eigenvalue weighted by Gasteiger charge is -2.04. The molecule has 0 fully saturated rings. The molecule has 0 spiro atoms. The number of hydrogen-bond acceptors (Lipinski definition) is 4. The smallest absolute Gasteiger partial charge is 0.272 e. The lowest BCUT2D eigenvalue weighted by atomic mass is 10.1. The van der Waals surface area contributed by atoms with Crippen molar-refractivity contribution >= 4 is 24.8 Å². The lowest BCUT2D eigenvalue weighted by molar-refractivity contribution is 0.298. The predicted octanol–water partition coefficient (Wildman–Crippen LogP) is 1.53. The Balaban J connectivity index is 2.07. The van der Waals surface area contributed by atoms with Gasteiger partial charge in [-0.05, 0) is 12.1 Å². The molecule has 1 aromatic carbocycles. The van der Waals surface area contributed by atoms with Crippen molar-refractivity contribution < 1.29 is 9.13 Å². The number of thiazole rings is 1. The summed E-state index contributed by atoms with van der Waals surface area (Å²) in [4.78, 5) is 3.89. The third-order valence-corrected chi connectivity index (χ3v) is 2.80. The molecule has 17 heavy (non-hydrogen) atoms. The quantitative estimate of drug-likeness (QED) is 0.769. The van der Waals surface area contributed by atoms with Crippen LogP contribution in [0, 0.1) is 17.1 Å². The van der Waals surface area contributed by atoms with Crippen molar-refractivity contribution in [1.82, 2.24) is 4.98 Å². The van der Waals surface area contributed by atoms with Crippen LogP contribution in [0.15, 0.2) is 23.6 Å². The number of nitriles is 1. The Bertz CT molecular complexity index is 579. The van der Waals surface area contributed by atoms with Gasteiger partial charge in [-0.1, -0.05) is 17.4 Å². The van der Waals surface area contributed by atoms with E-state index in [1.54, 1.807) is 5.38 Å². The molecule has 0 N–H and O–H groups in total. The van der Waals surface area contributed by atoms with Crippen LogP contribution in [0.4, 0.5) is 4.39 Å². The van der Waals surface area contributed by atoms with Gasteiger partial charge < -0.3 is 4.74 Å². The van der Waals surface area contributed by atoms with Gasteiger partial charge in [0.15, 0.2) is 0 Å². The minimum atomic E-state index is -0.464. The minimum absolute atomic E-state index is 0.0600. The number of halogens is 1. The average molecular weight is 244 g/mol. The summed E-state index contributed by atoms with van der Waals surface area (Å²) in [7, 11) is 5.42. The van der Waals surface area contributed by atoms with E-state index in [1.807, 2.05) is 6.07 Å². The molecule has 6 heteroatoms. The Morgan fingerprint density at radius 1 is 1.53 bits per heavy atom. The van der Waals surface area contributed by atoms with Crippen molar-refractivity contribution in [3.05, 3.63) is 40.5 Å². The average Bonchev–Trinajstić information content (AvgIpc) is 2.73. The van der Waals surface area contributed by atoms with Crippen molar-refractivity contribution in [2.24, 2.45) is 0 Å². The summed E-state index contributed by atoms with van der Waals surface area (Å²) >= 11 is 1.25. The molecule has 82 valence electrons. The number of ether oxygens (including phenoxy) is 1. The first-order valence-electron chi connectivity index (χ1n) is 4.71. The van der Waals surface area contributed by atoms with E-state index in [0.717, 1.165) is 0 Å². The fraction of sp³-hybridized carbons (Fsp3) is 0.0909. The fourth-order valence-electron chi connectivity index (χ4n) is 1.21. The van der Waals surface area contributed by atoms with E-state index in [4.69, 9.17) is 17.8 Å². The number of hydrogen-bond donors (Lipinski definition) is 0. The number of aromatic nitrogens is 1. The van der Waals surface area contributed by atoms with Gasteiger partial charge in [0.1, 0.15) is 20.3 Å². The van der Waals surface area contributed by atoms with Gasteiger partial charge in [-0.2, -0.15) is 5.26 Å². The van der Waals surface area contributed by atoms with E-state index in [2.05, 4.69) is 4.98 Å². The topological polar surface area (TPSA) is 45.9 Å². The summed E-state index contributed by atoms with van der Waals surface area (Å²) in [6.07, 6.45) is 0. The Hall–Kier alpha value is -1.87. The van der Waals surface area contributed by atoms with Crippen molar-refractivity contribution in [3.63, 3.8) is 0 Å². The van der Waals surface area contributed by atoms with Crippen LogP contribution in [0.1, 0.15) is 11.1 Å². The van der Waals surface area contributed by atoms with Crippen molar-refractivity contribution in [3.8, 4) is 11.3 Å². The maximum absolute atomic E-state index is 13.5. The zero-order valence-electron chi connectivity index (χ0n) is 8.68. The molecule has 0 bridgehead atoms. The maximum Gasteiger partial charge on any atom is 0.272 e. The summed E-state index contributed by atoms with van der Waals surface area (Å²) in [6.45, 7) is 0.0600. The first-order valence-corrected chi connectivity index (χ1v) is 5.59. The molecule has 0 aliphatic carbocycles. The summed E-state index contributed by atoms with van der Waals surface area (Å²) in [5, 5.41) is 10.6. The van der Waals surface area contributed by atoms with Gasteiger partial charge in [0, 0.05) is 16.5 Å². The third kappa shape index (κ3) is 2.83. The van der Waals surface area contributed by atoms with E-state index < -0.39 is 5.82 Å². The van der Waals surface area contributed by atoms with E-state index in [-0.39, 0.29) is 12.2 Å². The highest BCUT2D eigenvalue weighted by atomic mass is 32.1. The summed E-state index contributed by atoms with van der Waals surface area (Å²) < 4.78 is 18.7. The van der Waals surface area contributed by atoms with E-state index in [1.165, 1.54) is 29.5 Å². The minimum Gasteiger partial charge on any atom is -0.465 e. The summed E-state index contributed by atoms with van der Waals surface area (Å²) in [5.74, 6) is -0.464. The third-order valence-electron chi connectivity index (χ3n) is 2.03. The first kappa shape index (κ1) is 11.6. The molecule has 1 aromatic heterocycles. The highest BCUT2D eigenvalue weighted by Gasteiger charge is 2.06. The van der Waals surface area contributed by atoms with Gasteiger partial charge in [0.2, 0.25) is 0 Å². The number of rotatable bonds is 3. The van der Waals surface area contributed by atoms with Gasteiger partial charge in [0.25, 0.3) is 5.19 Å². The van der Waals surface area contributed by atoms with Crippen LogP contribution in [0.5, 0.6) is 5.19 Å². The zero-order chi connectivity index (χ0) is 12.3. The Labute approximate surface area is 103 Å². The molecule has 2 aromatic rings. The maximum atomic E-state index is 13.5. The van der Waals surface area contributed by atoms with Crippen LogP contribution in [-0.2, 0) is 6.61 Å². The van der Waals surface area contributed by atoms with Crippen LogP contribution in [-0.4, -0.2) is 12.8 Å². The molecule has 0 unspecified atom stereocenters. The highest BCUT2D eigenvalue weighted by molar-refractivity contribution is 7.12. The monoisotopic (exact) mass is 244 g/mol. The standard InChI is InChI=1S/C11H6BFN2OS/c12-10-6-17-11(15-10)16-5-8-2-1-7(4-14)3-9(8)13/h1-3,6H,5H2. The Kier molecular flexibility index (Phi) is 3.40. The van der Waals surface area contributed by atoms with E-state index >= 15 is 0 Å². The zero-order valence-corrected chi connectivity index (χ0v) is 9.50. The molecule has 0 aliphatic heterocycles. The Morgan fingerprint density at radius 2 is 2.35 bits per heavy atom. The van der Waals surface area contributed by atoms with Crippen LogP contribution < -0.4 is 10.3 Å². The number of benzene rings is 1. The normalized spacial score (nSPS) is 9.88. The molecular weight excluding hydrogens is 238 g/mol. The van der Waals surface area contributed by atoms with Crippen LogP contribution in [0.25, 0.3) is 0 Å². The Morgan fingerprint density at radius 3 is 2.94 bits per heavy atom. The van der Waals surface area contributed by atoms with Crippen molar-refractivity contribution in [2.75, 3.05) is 0 Å². The molecule has 2 radical (unpaired) electrons. The van der Waals surface area contributed by atoms with Crippen LogP contribution in [0.3, 0.4) is 0 Å². The molecule has 3 nitrogen and oxygen atoms in total. The highest BCUT2D eigenvalue weighted by Crippen LogP contribution is 2.16. The van der Waals surface area contributed by atoms with Gasteiger partial charge >= 0.3 is 0 Å². The number of nitrogens with zero attached hydrogens (tertiary/aromatic N) is 2. The summed E-state index contributed by atoms with van der Waals surface area (Å²) in [5.41, 5.74) is 1.04. The molecule has 2 rings (SSSR count). The summed E-state index contributed by atoms with van der Waals surface area (Å²) in [6, 6.07) is 6.10. The predicted molar refractivity (Wildman–Crippen MR) is 62.9 cm³/mol. The molecule has 0 saturated carbocycles. The lowest BCUT2D eigenvalue weighted by Crippen LogP contribution is -2.03. The molecule has 1 heterocycles. The first-order chi connectivity index (χ1) is 8.19. The second-order valence-corrected chi connectivity index (χ2v) is 4.07. The van der Waals surface area contributed by atoms with Gasteiger partial charge in [-0.3, -0.25) is 0 Å². The van der Waals surface area contributed by atoms with Gasteiger partial charge in [-0.25, -0.2) is 9.37 Å². The molecule has 0 aliphatic rings. The molecule has 0 saturated heterocycles. The fourth-order valence-corrected chi connectivity index (χ4v) is 1.77. The largest absolute Gasteiger partial charge is 0.465 e. The van der Waals surface area contributed by atoms with Gasteiger partial charge in [-0.15, -0.1) is 0 Å². The van der Waals surface area contributed by atoms with E-state index in [9.17, 15) is 4.39 Å². The molecule has 0 amide bonds. The second-order valence-electron chi connectivity index (χ2n) is 3.24. The van der Waals surface area contributed by atoms with Crippen LogP contribution in [0.2, 0.25) is 0 Å². The van der Waals surface area contributed by atoms with Gasteiger partial charge in [0.05, 0.1) is 11.6 Å². The van der Waals surface area contributed by atoms with E-state index in [0.29, 0.717) is 16.4 Å². The SMILES string of the molecule is [B]c1csc(OCc2ccc(C#N)cc2F)n1. The molecule has 0 atom stereocenters. The van der Waals surface area contributed by atoms with Crippen molar-refractivity contribution in [2.45, 2.75) is 6.61 Å². The second kappa shape index (κ2) is 4.98. The van der Waals surface area contributed by atoms with Crippen LogP contribution >= 0.6 is 11.3 Å². The molecular formula is C11H6BFN2OS.